The summed E-state index contributed by atoms with van der Waals surface area (Å²) in [7, 11) is 0. The van der Waals surface area contributed by atoms with Crippen LogP contribution in [-0.2, 0) is 4.74 Å². The van der Waals surface area contributed by atoms with Crippen molar-refractivity contribution in [3.63, 3.8) is 0 Å². The van der Waals surface area contributed by atoms with E-state index in [1.165, 1.54) is 43.6 Å². The monoisotopic (exact) mass is 258 g/mol. The lowest BCUT2D eigenvalue weighted by Crippen LogP contribution is -2.42. The molecule has 0 aromatic rings. The van der Waals surface area contributed by atoms with Gasteiger partial charge in [0.15, 0.2) is 0 Å². The third-order valence-electron chi connectivity index (χ3n) is 4.38. The molecule has 0 aliphatic carbocycles. The van der Waals surface area contributed by atoms with E-state index in [4.69, 9.17) is 4.74 Å². The highest BCUT2D eigenvalue weighted by Gasteiger charge is 2.38. The summed E-state index contributed by atoms with van der Waals surface area (Å²) in [4.78, 5) is 0. The van der Waals surface area contributed by atoms with Crippen molar-refractivity contribution in [2.45, 2.75) is 63.6 Å². The van der Waals surface area contributed by atoms with Crippen LogP contribution in [0, 0.1) is 5.92 Å². The molecule has 2 atom stereocenters. The lowest BCUT2D eigenvalue weighted by atomic mass is 9.79. The SMILES string of the molecule is CCC(O)CCC1CCOC2(CCSCC2)C1. The lowest BCUT2D eigenvalue weighted by Gasteiger charge is -2.43. The van der Waals surface area contributed by atoms with Crippen LogP contribution in [0.15, 0.2) is 0 Å². The molecule has 0 saturated carbocycles. The lowest BCUT2D eigenvalue weighted by molar-refractivity contribution is -0.104. The Kier molecular flexibility index (Phi) is 5.19. The number of ether oxygens (including phenoxy) is 1. The second-order valence-corrected chi connectivity index (χ2v) is 6.87. The molecule has 100 valence electrons. The average molecular weight is 258 g/mol. The zero-order valence-corrected chi connectivity index (χ0v) is 11.8. The van der Waals surface area contributed by atoms with Crippen molar-refractivity contribution in [1.82, 2.24) is 0 Å². The van der Waals surface area contributed by atoms with Gasteiger partial charge in [0, 0.05) is 6.61 Å². The van der Waals surface area contributed by atoms with E-state index in [0.717, 1.165) is 25.4 Å². The molecule has 0 bridgehead atoms. The highest BCUT2D eigenvalue weighted by Crippen LogP contribution is 2.41. The molecular weight excluding hydrogens is 232 g/mol. The first kappa shape index (κ1) is 13.7. The van der Waals surface area contributed by atoms with Gasteiger partial charge in [0.2, 0.25) is 0 Å². The molecule has 1 N–H and O–H groups in total. The molecule has 2 heterocycles. The minimum absolute atomic E-state index is 0.0873. The predicted molar refractivity (Wildman–Crippen MR) is 73.5 cm³/mol. The minimum atomic E-state index is -0.0873. The van der Waals surface area contributed by atoms with Crippen molar-refractivity contribution in [3.8, 4) is 0 Å². The topological polar surface area (TPSA) is 29.5 Å². The molecule has 2 unspecified atom stereocenters. The van der Waals surface area contributed by atoms with Gasteiger partial charge in [-0.3, -0.25) is 0 Å². The number of aliphatic hydroxyl groups excluding tert-OH is 1. The van der Waals surface area contributed by atoms with Gasteiger partial charge >= 0.3 is 0 Å². The third kappa shape index (κ3) is 3.87. The van der Waals surface area contributed by atoms with Crippen LogP contribution in [0.1, 0.15) is 51.9 Å². The molecule has 1 spiro atoms. The Morgan fingerprint density at radius 1 is 1.41 bits per heavy atom. The number of aliphatic hydroxyl groups is 1. The van der Waals surface area contributed by atoms with Gasteiger partial charge < -0.3 is 9.84 Å². The first-order valence-corrected chi connectivity index (χ1v) is 8.29. The highest BCUT2D eigenvalue weighted by molar-refractivity contribution is 7.99. The number of hydrogen-bond acceptors (Lipinski definition) is 3. The zero-order chi connectivity index (χ0) is 12.1. The maximum absolute atomic E-state index is 9.66. The van der Waals surface area contributed by atoms with Crippen molar-refractivity contribution in [2.75, 3.05) is 18.1 Å². The van der Waals surface area contributed by atoms with Crippen molar-refractivity contribution < 1.29 is 9.84 Å². The van der Waals surface area contributed by atoms with Gasteiger partial charge in [-0.1, -0.05) is 6.92 Å². The zero-order valence-electron chi connectivity index (χ0n) is 11.0. The molecule has 2 aliphatic heterocycles. The fourth-order valence-electron chi connectivity index (χ4n) is 3.10. The van der Waals surface area contributed by atoms with Crippen molar-refractivity contribution in [2.24, 2.45) is 5.92 Å². The second kappa shape index (κ2) is 6.44. The molecule has 2 rings (SSSR count). The molecule has 3 heteroatoms. The number of hydrogen-bond donors (Lipinski definition) is 1. The van der Waals surface area contributed by atoms with Crippen LogP contribution in [0.5, 0.6) is 0 Å². The van der Waals surface area contributed by atoms with Gasteiger partial charge in [0.1, 0.15) is 0 Å². The summed E-state index contributed by atoms with van der Waals surface area (Å²) in [5.41, 5.74) is 0.214. The van der Waals surface area contributed by atoms with E-state index in [9.17, 15) is 5.11 Å². The second-order valence-electron chi connectivity index (χ2n) is 5.64. The Labute approximate surface area is 110 Å². The standard InChI is InChI=1S/C14H26O2S/c1-2-13(15)4-3-12-5-8-16-14(11-12)6-9-17-10-7-14/h12-13,15H,2-11H2,1H3. The fourth-order valence-corrected chi connectivity index (χ4v) is 4.34. The Morgan fingerprint density at radius 2 is 2.18 bits per heavy atom. The first-order chi connectivity index (χ1) is 8.24. The minimum Gasteiger partial charge on any atom is -0.393 e. The maximum atomic E-state index is 9.66. The summed E-state index contributed by atoms with van der Waals surface area (Å²) in [5, 5.41) is 9.66. The third-order valence-corrected chi connectivity index (χ3v) is 5.36. The van der Waals surface area contributed by atoms with Gasteiger partial charge in [0.25, 0.3) is 0 Å². The van der Waals surface area contributed by atoms with E-state index in [1.807, 2.05) is 0 Å². The van der Waals surface area contributed by atoms with Gasteiger partial charge in [-0.2, -0.15) is 11.8 Å². The molecule has 0 radical (unpaired) electrons. The van der Waals surface area contributed by atoms with E-state index in [-0.39, 0.29) is 11.7 Å². The van der Waals surface area contributed by atoms with Crippen LogP contribution < -0.4 is 0 Å². The highest BCUT2D eigenvalue weighted by atomic mass is 32.2. The molecular formula is C14H26O2S. The quantitative estimate of drug-likeness (QED) is 0.839. The Balaban J connectivity index is 1.79. The molecule has 0 amide bonds. The Morgan fingerprint density at radius 3 is 2.88 bits per heavy atom. The van der Waals surface area contributed by atoms with Crippen LogP contribution in [0.2, 0.25) is 0 Å². The van der Waals surface area contributed by atoms with Crippen molar-refractivity contribution in [1.29, 1.82) is 0 Å². The van der Waals surface area contributed by atoms with E-state index in [1.54, 1.807) is 0 Å². The fraction of sp³-hybridized carbons (Fsp3) is 1.00. The summed E-state index contributed by atoms with van der Waals surface area (Å²) in [6.07, 6.45) is 7.89. The summed E-state index contributed by atoms with van der Waals surface area (Å²) < 4.78 is 6.09. The van der Waals surface area contributed by atoms with E-state index >= 15 is 0 Å². The average Bonchev–Trinajstić information content (AvgIpc) is 2.37. The molecule has 2 nitrogen and oxygen atoms in total. The Bertz CT molecular complexity index is 221. The number of rotatable bonds is 4. The summed E-state index contributed by atoms with van der Waals surface area (Å²) in [6, 6.07) is 0. The maximum Gasteiger partial charge on any atom is 0.0700 e. The van der Waals surface area contributed by atoms with E-state index in [0.29, 0.717) is 0 Å². The molecule has 2 saturated heterocycles. The van der Waals surface area contributed by atoms with Crippen molar-refractivity contribution in [3.05, 3.63) is 0 Å². The van der Waals surface area contributed by atoms with Gasteiger partial charge in [-0.25, -0.2) is 0 Å². The molecule has 2 fully saturated rings. The van der Waals surface area contributed by atoms with Crippen LogP contribution in [-0.4, -0.2) is 34.9 Å². The molecule has 0 aromatic carbocycles. The van der Waals surface area contributed by atoms with Crippen LogP contribution in [0.3, 0.4) is 0 Å². The van der Waals surface area contributed by atoms with E-state index in [2.05, 4.69) is 18.7 Å². The van der Waals surface area contributed by atoms with Gasteiger partial charge in [-0.05, 0) is 62.4 Å². The van der Waals surface area contributed by atoms with Gasteiger partial charge in [0.05, 0.1) is 11.7 Å². The summed E-state index contributed by atoms with van der Waals surface area (Å²) in [5.74, 6) is 3.32. The van der Waals surface area contributed by atoms with Gasteiger partial charge in [-0.15, -0.1) is 0 Å². The van der Waals surface area contributed by atoms with Crippen molar-refractivity contribution >= 4 is 11.8 Å². The normalized spacial score (nSPS) is 30.4. The van der Waals surface area contributed by atoms with Crippen LogP contribution in [0.4, 0.5) is 0 Å². The summed E-state index contributed by atoms with van der Waals surface area (Å²) in [6.45, 7) is 3.01. The van der Waals surface area contributed by atoms with Crippen LogP contribution >= 0.6 is 11.8 Å². The molecule has 2 aliphatic rings. The molecule has 0 aromatic heterocycles. The van der Waals surface area contributed by atoms with Crippen LogP contribution in [0.25, 0.3) is 0 Å². The van der Waals surface area contributed by atoms with E-state index < -0.39 is 0 Å². The predicted octanol–water partition coefficient (Wildman–Crippen LogP) is 3.23. The molecule has 17 heavy (non-hydrogen) atoms. The number of thioether (sulfide) groups is 1. The first-order valence-electron chi connectivity index (χ1n) is 7.14. The Hall–Kier alpha value is 0.270. The smallest absolute Gasteiger partial charge is 0.0700 e. The largest absolute Gasteiger partial charge is 0.393 e. The summed E-state index contributed by atoms with van der Waals surface area (Å²) >= 11 is 2.07.